The minimum atomic E-state index is 0.114. The molecule has 0 atom stereocenters. The molecule has 3 nitrogen and oxygen atoms in total. The Kier molecular flexibility index (Phi) is 5.86. The third-order valence-corrected chi connectivity index (χ3v) is 5.49. The quantitative estimate of drug-likeness (QED) is 0.712. The first-order chi connectivity index (χ1) is 9.52. The van der Waals surface area contributed by atoms with Crippen molar-refractivity contribution in [1.29, 1.82) is 0 Å². The number of benzene rings is 1. The van der Waals surface area contributed by atoms with Crippen molar-refractivity contribution < 1.29 is 4.79 Å². The predicted octanol–water partition coefficient (Wildman–Crippen LogP) is 3.66. The molecule has 1 saturated carbocycles. The van der Waals surface area contributed by atoms with Gasteiger partial charge in [0.05, 0.1) is 5.56 Å². The van der Waals surface area contributed by atoms with Crippen LogP contribution in [0.5, 0.6) is 0 Å². The third kappa shape index (κ3) is 3.74. The fourth-order valence-electron chi connectivity index (χ4n) is 2.77. The SMILES string of the molecule is CNC1CCC(N(C)C(=O)c2cc(I)ccc2Br)CC1. The average molecular weight is 451 g/mol. The van der Waals surface area contributed by atoms with E-state index in [0.29, 0.717) is 12.1 Å². The second-order valence-corrected chi connectivity index (χ2v) is 7.43. The molecule has 1 aliphatic rings. The minimum absolute atomic E-state index is 0.114. The summed E-state index contributed by atoms with van der Waals surface area (Å²) < 4.78 is 1.96. The maximum Gasteiger partial charge on any atom is 0.255 e. The van der Waals surface area contributed by atoms with Crippen LogP contribution in [0.3, 0.4) is 0 Å². The zero-order valence-electron chi connectivity index (χ0n) is 11.8. The topological polar surface area (TPSA) is 32.3 Å². The van der Waals surface area contributed by atoms with E-state index < -0.39 is 0 Å². The Morgan fingerprint density at radius 1 is 1.35 bits per heavy atom. The Balaban J connectivity index is 2.07. The summed E-state index contributed by atoms with van der Waals surface area (Å²) in [5.74, 6) is 0.114. The fourth-order valence-corrected chi connectivity index (χ4v) is 3.68. The standard InChI is InChI=1S/C15H20BrIN2O/c1-18-11-4-6-12(7-5-11)19(2)15(20)13-9-10(17)3-8-14(13)16/h3,8-9,11-12,18H,4-7H2,1-2H3. The van der Waals surface area contributed by atoms with E-state index in [2.05, 4.69) is 43.8 Å². The van der Waals surface area contributed by atoms with Crippen molar-refractivity contribution in [2.45, 2.75) is 37.8 Å². The Morgan fingerprint density at radius 2 is 2.00 bits per heavy atom. The summed E-state index contributed by atoms with van der Waals surface area (Å²) in [4.78, 5) is 14.6. The fraction of sp³-hybridized carbons (Fsp3) is 0.533. The van der Waals surface area contributed by atoms with Crippen LogP contribution in [0.15, 0.2) is 22.7 Å². The molecule has 20 heavy (non-hydrogen) atoms. The zero-order chi connectivity index (χ0) is 14.7. The van der Waals surface area contributed by atoms with E-state index in [0.717, 1.165) is 39.3 Å². The van der Waals surface area contributed by atoms with Crippen LogP contribution in [0, 0.1) is 3.57 Å². The van der Waals surface area contributed by atoms with Gasteiger partial charge >= 0.3 is 0 Å². The number of hydrogen-bond donors (Lipinski definition) is 1. The zero-order valence-corrected chi connectivity index (χ0v) is 15.6. The van der Waals surface area contributed by atoms with Crippen LogP contribution in [0.2, 0.25) is 0 Å². The van der Waals surface area contributed by atoms with Gasteiger partial charge in [-0.25, -0.2) is 0 Å². The Morgan fingerprint density at radius 3 is 2.60 bits per heavy atom. The summed E-state index contributed by atoms with van der Waals surface area (Å²) in [5, 5.41) is 3.33. The molecule has 1 aliphatic carbocycles. The Labute approximate surface area is 142 Å². The minimum Gasteiger partial charge on any atom is -0.339 e. The molecular weight excluding hydrogens is 431 g/mol. The highest BCUT2D eigenvalue weighted by atomic mass is 127. The van der Waals surface area contributed by atoms with Crippen LogP contribution >= 0.6 is 38.5 Å². The van der Waals surface area contributed by atoms with Crippen LogP contribution in [0.1, 0.15) is 36.0 Å². The van der Waals surface area contributed by atoms with Crippen LogP contribution < -0.4 is 5.32 Å². The summed E-state index contributed by atoms with van der Waals surface area (Å²) in [7, 11) is 3.95. The molecule has 0 aromatic heterocycles. The smallest absolute Gasteiger partial charge is 0.255 e. The van der Waals surface area contributed by atoms with Gasteiger partial charge in [-0.1, -0.05) is 0 Å². The van der Waals surface area contributed by atoms with Crippen LogP contribution in [-0.4, -0.2) is 37.0 Å². The van der Waals surface area contributed by atoms with E-state index in [9.17, 15) is 4.79 Å². The first-order valence-electron chi connectivity index (χ1n) is 6.92. The molecule has 0 radical (unpaired) electrons. The summed E-state index contributed by atoms with van der Waals surface area (Å²) in [5.41, 5.74) is 0.759. The molecule has 2 rings (SSSR count). The molecule has 0 spiro atoms. The van der Waals surface area contributed by atoms with Gasteiger partial charge in [-0.2, -0.15) is 0 Å². The molecule has 1 fully saturated rings. The molecule has 0 unspecified atom stereocenters. The molecule has 1 aromatic carbocycles. The second kappa shape index (κ2) is 7.22. The van der Waals surface area contributed by atoms with Crippen LogP contribution in [0.25, 0.3) is 0 Å². The van der Waals surface area contributed by atoms with E-state index in [1.807, 2.05) is 37.2 Å². The Bertz CT molecular complexity index is 487. The first-order valence-corrected chi connectivity index (χ1v) is 8.79. The number of carbonyl (C=O) groups is 1. The van der Waals surface area contributed by atoms with Gasteiger partial charge in [0.25, 0.3) is 5.91 Å². The van der Waals surface area contributed by atoms with E-state index in [1.54, 1.807) is 0 Å². The lowest BCUT2D eigenvalue weighted by Crippen LogP contribution is -2.42. The molecule has 1 amide bonds. The molecule has 0 saturated heterocycles. The van der Waals surface area contributed by atoms with Crippen LogP contribution in [0.4, 0.5) is 0 Å². The highest BCUT2D eigenvalue weighted by molar-refractivity contribution is 14.1. The molecule has 1 aromatic rings. The second-order valence-electron chi connectivity index (χ2n) is 5.33. The summed E-state index contributed by atoms with van der Waals surface area (Å²) in [6.45, 7) is 0. The van der Waals surface area contributed by atoms with Crippen molar-refractivity contribution in [1.82, 2.24) is 10.2 Å². The number of amides is 1. The van der Waals surface area contributed by atoms with Gasteiger partial charge in [0, 0.05) is 27.2 Å². The van der Waals surface area contributed by atoms with E-state index >= 15 is 0 Å². The molecule has 0 heterocycles. The number of rotatable bonds is 3. The van der Waals surface area contributed by atoms with Crippen molar-refractivity contribution in [3.63, 3.8) is 0 Å². The number of nitrogens with zero attached hydrogens (tertiary/aromatic N) is 1. The molecule has 5 heteroatoms. The maximum absolute atomic E-state index is 12.6. The first kappa shape index (κ1) is 16.2. The van der Waals surface area contributed by atoms with Crippen molar-refractivity contribution in [2.24, 2.45) is 0 Å². The van der Waals surface area contributed by atoms with Crippen LogP contribution in [-0.2, 0) is 0 Å². The number of hydrogen-bond acceptors (Lipinski definition) is 2. The summed E-state index contributed by atoms with van der Waals surface area (Å²) in [6, 6.07) is 6.86. The highest BCUT2D eigenvalue weighted by Crippen LogP contribution is 2.26. The molecule has 0 aliphatic heterocycles. The van der Waals surface area contributed by atoms with Gasteiger partial charge in [0.2, 0.25) is 0 Å². The van der Waals surface area contributed by atoms with Gasteiger partial charge in [-0.3, -0.25) is 4.79 Å². The van der Waals surface area contributed by atoms with Gasteiger partial charge in [-0.05, 0) is 89.5 Å². The summed E-state index contributed by atoms with van der Waals surface area (Å²) in [6.07, 6.45) is 4.45. The van der Waals surface area contributed by atoms with E-state index in [-0.39, 0.29) is 5.91 Å². The van der Waals surface area contributed by atoms with Gasteiger partial charge in [0.1, 0.15) is 0 Å². The molecule has 110 valence electrons. The van der Waals surface area contributed by atoms with Gasteiger partial charge < -0.3 is 10.2 Å². The van der Waals surface area contributed by atoms with Crippen molar-refractivity contribution in [2.75, 3.05) is 14.1 Å². The average Bonchev–Trinajstić information content (AvgIpc) is 2.48. The number of halogens is 2. The van der Waals surface area contributed by atoms with Gasteiger partial charge in [0.15, 0.2) is 0 Å². The van der Waals surface area contributed by atoms with E-state index in [1.165, 1.54) is 0 Å². The third-order valence-electron chi connectivity index (χ3n) is 4.13. The molecule has 0 bridgehead atoms. The number of nitrogens with one attached hydrogen (secondary N) is 1. The summed E-state index contributed by atoms with van der Waals surface area (Å²) >= 11 is 5.72. The lowest BCUT2D eigenvalue weighted by atomic mass is 9.90. The largest absolute Gasteiger partial charge is 0.339 e. The lowest BCUT2D eigenvalue weighted by molar-refractivity contribution is 0.0684. The van der Waals surface area contributed by atoms with Crippen molar-refractivity contribution >= 4 is 44.4 Å². The predicted molar refractivity (Wildman–Crippen MR) is 94.1 cm³/mol. The molecular formula is C15H20BrIN2O. The Hall–Kier alpha value is -0.140. The molecule has 1 N–H and O–H groups in total. The van der Waals surface area contributed by atoms with Gasteiger partial charge in [-0.15, -0.1) is 0 Å². The van der Waals surface area contributed by atoms with Crippen molar-refractivity contribution in [3.05, 3.63) is 31.8 Å². The highest BCUT2D eigenvalue weighted by Gasteiger charge is 2.27. The number of carbonyl (C=O) groups excluding carboxylic acids is 1. The van der Waals surface area contributed by atoms with E-state index in [4.69, 9.17) is 0 Å². The maximum atomic E-state index is 12.6. The normalized spacial score (nSPS) is 22.6. The van der Waals surface area contributed by atoms with Crippen molar-refractivity contribution in [3.8, 4) is 0 Å². The monoisotopic (exact) mass is 450 g/mol. The lowest BCUT2D eigenvalue weighted by Gasteiger charge is -2.34.